The number of rotatable bonds is 4. The Balaban J connectivity index is 1.76. The number of para-hydroxylation sites is 1. The Bertz CT molecular complexity index is 1390. The van der Waals surface area contributed by atoms with E-state index in [-0.39, 0.29) is 0 Å². The van der Waals surface area contributed by atoms with Crippen molar-refractivity contribution in [3.8, 4) is 11.1 Å². The van der Waals surface area contributed by atoms with E-state index in [1.54, 1.807) is 12.1 Å². The van der Waals surface area contributed by atoms with Gasteiger partial charge >= 0.3 is 5.63 Å². The molecular formula is C24H16ClNO3. The molecule has 0 fully saturated rings. The molecule has 2 aromatic heterocycles. The van der Waals surface area contributed by atoms with E-state index in [0.29, 0.717) is 39.6 Å². The minimum Gasteiger partial charge on any atom is -0.439 e. The summed E-state index contributed by atoms with van der Waals surface area (Å²) in [4.78, 5) is 12.9. The molecule has 5 aromatic rings. The molecule has 29 heavy (non-hydrogen) atoms. The molecule has 0 atom stereocenters. The molecule has 0 spiro atoms. The zero-order valence-corrected chi connectivity index (χ0v) is 16.1. The highest BCUT2D eigenvalue weighted by Gasteiger charge is 2.22. The first-order valence-electron chi connectivity index (χ1n) is 9.23. The average molecular weight is 402 g/mol. The number of benzene rings is 3. The van der Waals surface area contributed by atoms with E-state index in [1.807, 2.05) is 66.7 Å². The van der Waals surface area contributed by atoms with Crippen LogP contribution in [0.1, 0.15) is 5.56 Å². The summed E-state index contributed by atoms with van der Waals surface area (Å²) >= 11 is 6.22. The monoisotopic (exact) mass is 401 g/mol. The molecule has 0 aliphatic carbocycles. The second-order valence-electron chi connectivity index (χ2n) is 6.75. The smallest absolute Gasteiger partial charge is 0.348 e. The normalized spacial score (nSPS) is 11.2. The van der Waals surface area contributed by atoms with E-state index < -0.39 is 5.63 Å². The van der Waals surface area contributed by atoms with E-state index >= 15 is 0 Å². The minimum absolute atomic E-state index is 0.404. The fourth-order valence-electron chi connectivity index (χ4n) is 3.53. The quantitative estimate of drug-likeness (QED) is 0.350. The summed E-state index contributed by atoms with van der Waals surface area (Å²) in [5.41, 5.74) is 3.09. The number of halogens is 1. The molecule has 0 unspecified atom stereocenters. The molecule has 5 rings (SSSR count). The number of furan rings is 1. The highest BCUT2D eigenvalue weighted by Crippen LogP contribution is 2.40. The fraction of sp³-hybridized carbons (Fsp3) is 0.0417. The molecule has 0 aliphatic heterocycles. The summed E-state index contributed by atoms with van der Waals surface area (Å²) in [6, 6.07) is 24.7. The third-order valence-electron chi connectivity index (χ3n) is 4.86. The Labute approximate surface area is 171 Å². The minimum atomic E-state index is -0.440. The predicted octanol–water partition coefficient (Wildman–Crippen LogP) is 6.47. The van der Waals surface area contributed by atoms with Crippen molar-refractivity contribution in [1.82, 2.24) is 0 Å². The second-order valence-corrected chi connectivity index (χ2v) is 7.18. The van der Waals surface area contributed by atoms with Crippen LogP contribution in [-0.2, 0) is 6.54 Å². The largest absolute Gasteiger partial charge is 0.439 e. The Morgan fingerprint density at radius 2 is 1.66 bits per heavy atom. The number of nitrogens with one attached hydrogen (secondary N) is 1. The van der Waals surface area contributed by atoms with Gasteiger partial charge < -0.3 is 14.2 Å². The number of hydrogen-bond acceptors (Lipinski definition) is 4. The van der Waals surface area contributed by atoms with Crippen molar-refractivity contribution >= 4 is 39.4 Å². The van der Waals surface area contributed by atoms with Gasteiger partial charge in [-0.05, 0) is 35.4 Å². The van der Waals surface area contributed by atoms with Crippen LogP contribution in [0.25, 0.3) is 33.1 Å². The molecule has 0 amide bonds. The first-order chi connectivity index (χ1) is 14.2. The Kier molecular flexibility index (Phi) is 4.34. The summed E-state index contributed by atoms with van der Waals surface area (Å²) < 4.78 is 11.8. The Morgan fingerprint density at radius 1 is 0.862 bits per heavy atom. The van der Waals surface area contributed by atoms with Crippen molar-refractivity contribution in [2.45, 2.75) is 6.54 Å². The van der Waals surface area contributed by atoms with Gasteiger partial charge in [-0.3, -0.25) is 0 Å². The maximum Gasteiger partial charge on any atom is 0.348 e. The lowest BCUT2D eigenvalue weighted by Gasteiger charge is -2.07. The SMILES string of the molecule is O=c1oc2ccccc2c2oc(NCc3ccccc3)c(-c3cccc(Cl)c3)c12. The van der Waals surface area contributed by atoms with Gasteiger partial charge in [0, 0.05) is 11.6 Å². The molecule has 0 radical (unpaired) electrons. The first kappa shape index (κ1) is 17.6. The number of fused-ring (bicyclic) bond motifs is 3. The lowest BCUT2D eigenvalue weighted by Crippen LogP contribution is -2.01. The van der Waals surface area contributed by atoms with E-state index in [4.69, 9.17) is 20.4 Å². The van der Waals surface area contributed by atoms with E-state index in [9.17, 15) is 4.79 Å². The fourth-order valence-corrected chi connectivity index (χ4v) is 3.72. The van der Waals surface area contributed by atoms with Gasteiger partial charge in [-0.1, -0.05) is 66.2 Å². The van der Waals surface area contributed by atoms with E-state index in [2.05, 4.69) is 5.32 Å². The standard InChI is InChI=1S/C24H16ClNO3/c25-17-10-6-9-16(13-17)20-21-22(18-11-4-5-12-19(18)28-24(21)27)29-23(20)26-14-15-7-2-1-3-8-15/h1-13,26H,14H2. The van der Waals surface area contributed by atoms with Crippen molar-refractivity contribution in [3.63, 3.8) is 0 Å². The maximum absolute atomic E-state index is 12.9. The van der Waals surface area contributed by atoms with Crippen LogP contribution >= 0.6 is 11.6 Å². The van der Waals surface area contributed by atoms with Crippen LogP contribution in [0.5, 0.6) is 0 Å². The van der Waals surface area contributed by atoms with Crippen molar-refractivity contribution in [1.29, 1.82) is 0 Å². The maximum atomic E-state index is 12.9. The Hall–Kier alpha value is -3.50. The van der Waals surface area contributed by atoms with Crippen molar-refractivity contribution < 1.29 is 8.83 Å². The summed E-state index contributed by atoms with van der Waals surface area (Å²) in [6.07, 6.45) is 0. The van der Waals surface area contributed by atoms with Crippen LogP contribution in [0.4, 0.5) is 5.88 Å². The van der Waals surface area contributed by atoms with Gasteiger partial charge in [-0.15, -0.1) is 0 Å². The second kappa shape index (κ2) is 7.15. The highest BCUT2D eigenvalue weighted by atomic mass is 35.5. The topological polar surface area (TPSA) is 55.4 Å². The third kappa shape index (κ3) is 3.18. The first-order valence-corrected chi connectivity index (χ1v) is 9.60. The Morgan fingerprint density at radius 3 is 2.48 bits per heavy atom. The van der Waals surface area contributed by atoms with Crippen LogP contribution in [0.3, 0.4) is 0 Å². The van der Waals surface area contributed by atoms with Gasteiger partial charge in [0.25, 0.3) is 0 Å². The van der Waals surface area contributed by atoms with Gasteiger partial charge in [0.15, 0.2) is 5.58 Å². The summed E-state index contributed by atoms with van der Waals surface area (Å²) in [5.74, 6) is 0.509. The molecule has 1 N–H and O–H groups in total. The van der Waals surface area contributed by atoms with Crippen LogP contribution in [0.15, 0.2) is 92.5 Å². The van der Waals surface area contributed by atoms with Crippen molar-refractivity contribution in [2.24, 2.45) is 0 Å². The van der Waals surface area contributed by atoms with Gasteiger partial charge in [-0.25, -0.2) is 4.79 Å². The van der Waals surface area contributed by atoms with Crippen LogP contribution in [0, 0.1) is 0 Å². The van der Waals surface area contributed by atoms with Crippen LogP contribution in [0.2, 0.25) is 5.02 Å². The van der Waals surface area contributed by atoms with Gasteiger partial charge in [0.2, 0.25) is 5.88 Å². The molecule has 0 bridgehead atoms. The molecule has 0 saturated heterocycles. The molecule has 0 aliphatic rings. The number of hydrogen-bond donors (Lipinski definition) is 1. The van der Waals surface area contributed by atoms with Crippen LogP contribution < -0.4 is 10.9 Å². The number of anilines is 1. The predicted molar refractivity (Wildman–Crippen MR) is 116 cm³/mol. The average Bonchev–Trinajstić information content (AvgIpc) is 3.14. The van der Waals surface area contributed by atoms with Crippen LogP contribution in [-0.4, -0.2) is 0 Å². The molecule has 142 valence electrons. The zero-order chi connectivity index (χ0) is 19.8. The summed E-state index contributed by atoms with van der Waals surface area (Å²) in [6.45, 7) is 0.553. The lowest BCUT2D eigenvalue weighted by atomic mass is 10.0. The molecule has 5 heteroatoms. The highest BCUT2D eigenvalue weighted by molar-refractivity contribution is 6.31. The van der Waals surface area contributed by atoms with E-state index in [0.717, 1.165) is 16.5 Å². The van der Waals surface area contributed by atoms with Crippen molar-refractivity contribution in [3.05, 3.63) is 99.9 Å². The molecule has 4 nitrogen and oxygen atoms in total. The summed E-state index contributed by atoms with van der Waals surface area (Å²) in [5, 5.41) is 5.07. The lowest BCUT2D eigenvalue weighted by molar-refractivity contribution is 0.565. The molecule has 0 saturated carbocycles. The molecular weight excluding hydrogens is 386 g/mol. The molecule has 3 aromatic carbocycles. The zero-order valence-electron chi connectivity index (χ0n) is 15.3. The van der Waals surface area contributed by atoms with Gasteiger partial charge in [0.1, 0.15) is 11.0 Å². The molecule has 2 heterocycles. The van der Waals surface area contributed by atoms with Gasteiger partial charge in [-0.2, -0.15) is 0 Å². The third-order valence-corrected chi connectivity index (χ3v) is 5.09. The van der Waals surface area contributed by atoms with Crippen molar-refractivity contribution in [2.75, 3.05) is 5.32 Å². The summed E-state index contributed by atoms with van der Waals surface area (Å²) in [7, 11) is 0. The van der Waals surface area contributed by atoms with Gasteiger partial charge in [0.05, 0.1) is 10.9 Å². The van der Waals surface area contributed by atoms with E-state index in [1.165, 1.54) is 0 Å².